The maximum Gasteiger partial charge on any atom is 0.328 e. The number of H-pyrrole nitrogens is 1. The average Bonchev–Trinajstić information content (AvgIpc) is 3.03. The second kappa shape index (κ2) is 7.17. The summed E-state index contributed by atoms with van der Waals surface area (Å²) >= 11 is 0. The number of esters is 1. The fourth-order valence-corrected chi connectivity index (χ4v) is 2.76. The van der Waals surface area contributed by atoms with Crippen LogP contribution < -0.4 is 5.32 Å². The number of hydrogen-bond acceptors (Lipinski definition) is 4. The first-order chi connectivity index (χ1) is 12.1. The highest BCUT2D eigenvalue weighted by atomic mass is 16.5. The van der Waals surface area contributed by atoms with Gasteiger partial charge in [0.2, 0.25) is 0 Å². The highest BCUT2D eigenvalue weighted by Gasteiger charge is 2.24. The fraction of sp³-hybridized carbons (Fsp3) is 0.211. The number of carbonyl (C=O) groups is 2. The highest BCUT2D eigenvalue weighted by molar-refractivity contribution is 5.95. The lowest BCUT2D eigenvalue weighted by molar-refractivity contribution is -0.142. The Morgan fingerprint density at radius 3 is 2.76 bits per heavy atom. The number of nitrogens with zero attached hydrogens (tertiary/aromatic N) is 1. The van der Waals surface area contributed by atoms with E-state index in [0.29, 0.717) is 6.42 Å². The molecule has 0 saturated heterocycles. The van der Waals surface area contributed by atoms with Gasteiger partial charge in [0.15, 0.2) is 0 Å². The Labute approximate surface area is 145 Å². The van der Waals surface area contributed by atoms with Crippen molar-refractivity contribution in [2.75, 3.05) is 7.11 Å². The number of hydrogen-bond donors (Lipinski definition) is 2. The van der Waals surface area contributed by atoms with E-state index in [1.165, 1.54) is 7.11 Å². The number of aromatic amines is 1. The third kappa shape index (κ3) is 3.68. The third-order valence-corrected chi connectivity index (χ3v) is 4.01. The molecule has 0 saturated carbocycles. The number of nitrogens with one attached hydrogen (secondary N) is 2. The lowest BCUT2D eigenvalue weighted by atomic mass is 10.0. The van der Waals surface area contributed by atoms with E-state index in [4.69, 9.17) is 4.74 Å². The summed E-state index contributed by atoms with van der Waals surface area (Å²) < 4.78 is 4.85. The average molecular weight is 337 g/mol. The van der Waals surface area contributed by atoms with Crippen LogP contribution in [0, 0.1) is 6.92 Å². The molecule has 2 N–H and O–H groups in total. The van der Waals surface area contributed by atoms with Crippen LogP contribution in [0.15, 0.2) is 48.7 Å². The molecule has 1 atom stereocenters. The molecule has 3 aromatic rings. The van der Waals surface area contributed by atoms with Crippen LogP contribution in [0.4, 0.5) is 0 Å². The molecule has 1 amide bonds. The summed E-state index contributed by atoms with van der Waals surface area (Å²) in [4.78, 5) is 31.9. The molecule has 0 radical (unpaired) electrons. The number of para-hydroxylation sites is 1. The van der Waals surface area contributed by atoms with E-state index >= 15 is 0 Å². The van der Waals surface area contributed by atoms with Gasteiger partial charge in [0.1, 0.15) is 11.7 Å². The summed E-state index contributed by atoms with van der Waals surface area (Å²) in [5, 5.41) is 3.74. The molecule has 128 valence electrons. The van der Waals surface area contributed by atoms with Gasteiger partial charge in [-0.1, -0.05) is 24.3 Å². The van der Waals surface area contributed by atoms with Gasteiger partial charge in [0, 0.05) is 29.2 Å². The number of pyridine rings is 1. The van der Waals surface area contributed by atoms with Crippen molar-refractivity contribution < 1.29 is 14.3 Å². The maximum atomic E-state index is 12.4. The van der Waals surface area contributed by atoms with Gasteiger partial charge in [-0.3, -0.25) is 4.79 Å². The van der Waals surface area contributed by atoms with Crippen molar-refractivity contribution in [2.45, 2.75) is 19.4 Å². The Kier molecular flexibility index (Phi) is 4.79. The Bertz CT molecular complexity index is 917. The van der Waals surface area contributed by atoms with Crippen LogP contribution in [0.5, 0.6) is 0 Å². The van der Waals surface area contributed by atoms with Crippen molar-refractivity contribution >= 4 is 22.8 Å². The number of methoxy groups -OCH3 is 1. The van der Waals surface area contributed by atoms with E-state index in [-0.39, 0.29) is 5.69 Å². The molecule has 2 aromatic heterocycles. The standard InChI is InChI=1S/C19H19N3O3/c1-12-6-5-9-16(21-12)18(23)22-17(19(24)25-2)10-13-11-20-15-8-4-3-7-14(13)15/h3-9,11,17,20H,10H2,1-2H3,(H,22,23)/t17-/m1/s1. The SMILES string of the molecule is COC(=O)[C@@H](Cc1c[nH]c2ccccc12)NC(=O)c1cccc(C)n1. The number of rotatable bonds is 5. The van der Waals surface area contributed by atoms with Crippen LogP contribution in [-0.2, 0) is 16.0 Å². The monoisotopic (exact) mass is 337 g/mol. The van der Waals surface area contributed by atoms with E-state index in [9.17, 15) is 9.59 Å². The first-order valence-electron chi connectivity index (χ1n) is 7.96. The lowest BCUT2D eigenvalue weighted by Gasteiger charge is -2.16. The number of amides is 1. The minimum Gasteiger partial charge on any atom is -0.467 e. The molecule has 25 heavy (non-hydrogen) atoms. The molecule has 0 fully saturated rings. The van der Waals surface area contributed by atoms with E-state index in [1.54, 1.807) is 25.1 Å². The summed E-state index contributed by atoms with van der Waals surface area (Å²) in [7, 11) is 1.31. The summed E-state index contributed by atoms with van der Waals surface area (Å²) in [6.45, 7) is 1.81. The second-order valence-corrected chi connectivity index (χ2v) is 5.78. The van der Waals surface area contributed by atoms with Gasteiger partial charge in [-0.15, -0.1) is 0 Å². The molecule has 1 aromatic carbocycles. The summed E-state index contributed by atoms with van der Waals surface area (Å²) in [5.74, 6) is -0.898. The number of ether oxygens (including phenoxy) is 1. The molecule has 0 bridgehead atoms. The second-order valence-electron chi connectivity index (χ2n) is 5.78. The molecule has 6 nitrogen and oxygen atoms in total. The predicted octanol–water partition coefficient (Wildman–Crippen LogP) is 2.39. The van der Waals surface area contributed by atoms with Crippen molar-refractivity contribution in [3.8, 4) is 0 Å². The van der Waals surface area contributed by atoms with Crippen LogP contribution in [0.3, 0.4) is 0 Å². The number of carbonyl (C=O) groups excluding carboxylic acids is 2. The Hall–Kier alpha value is -3.15. The zero-order valence-corrected chi connectivity index (χ0v) is 14.1. The summed E-state index contributed by atoms with van der Waals surface area (Å²) in [6, 6.07) is 12.2. The van der Waals surface area contributed by atoms with E-state index in [0.717, 1.165) is 22.2 Å². The minimum absolute atomic E-state index is 0.271. The van der Waals surface area contributed by atoms with Crippen LogP contribution in [-0.4, -0.2) is 35.0 Å². The van der Waals surface area contributed by atoms with Gasteiger partial charge in [-0.25, -0.2) is 9.78 Å². The molecule has 2 heterocycles. The number of benzene rings is 1. The summed E-state index contributed by atoms with van der Waals surface area (Å²) in [6.07, 6.45) is 2.17. The summed E-state index contributed by atoms with van der Waals surface area (Å²) in [5.41, 5.74) is 2.92. The molecular weight excluding hydrogens is 318 g/mol. The molecule has 3 rings (SSSR count). The topological polar surface area (TPSA) is 84.1 Å². The van der Waals surface area contributed by atoms with Crippen molar-refractivity contribution in [1.29, 1.82) is 0 Å². The Balaban J connectivity index is 1.83. The van der Waals surface area contributed by atoms with Crippen LogP contribution in [0.1, 0.15) is 21.7 Å². The molecule has 0 unspecified atom stereocenters. The van der Waals surface area contributed by atoms with Crippen LogP contribution >= 0.6 is 0 Å². The van der Waals surface area contributed by atoms with Crippen molar-refractivity contribution in [3.63, 3.8) is 0 Å². The maximum absolute atomic E-state index is 12.4. The zero-order valence-electron chi connectivity index (χ0n) is 14.1. The number of aryl methyl sites for hydroxylation is 1. The molecule has 0 aliphatic heterocycles. The van der Waals surface area contributed by atoms with Crippen LogP contribution in [0.25, 0.3) is 10.9 Å². The molecule has 0 spiro atoms. The van der Waals surface area contributed by atoms with Crippen molar-refractivity contribution in [1.82, 2.24) is 15.3 Å². The van der Waals surface area contributed by atoms with E-state index in [2.05, 4.69) is 15.3 Å². The molecule has 0 aliphatic carbocycles. The normalized spacial score (nSPS) is 11.9. The Morgan fingerprint density at radius 1 is 1.20 bits per heavy atom. The smallest absolute Gasteiger partial charge is 0.328 e. The van der Waals surface area contributed by atoms with Gasteiger partial charge in [-0.2, -0.15) is 0 Å². The van der Waals surface area contributed by atoms with Gasteiger partial charge in [0.25, 0.3) is 5.91 Å². The lowest BCUT2D eigenvalue weighted by Crippen LogP contribution is -2.43. The molecule has 6 heteroatoms. The predicted molar refractivity (Wildman–Crippen MR) is 94.2 cm³/mol. The van der Waals surface area contributed by atoms with Gasteiger partial charge in [-0.05, 0) is 30.7 Å². The number of fused-ring (bicyclic) bond motifs is 1. The fourth-order valence-electron chi connectivity index (χ4n) is 2.76. The van der Waals surface area contributed by atoms with Gasteiger partial charge in [0.05, 0.1) is 7.11 Å². The quantitative estimate of drug-likeness (QED) is 0.700. The highest BCUT2D eigenvalue weighted by Crippen LogP contribution is 2.19. The first kappa shape index (κ1) is 16.7. The molecule has 0 aliphatic rings. The van der Waals surface area contributed by atoms with E-state index in [1.807, 2.05) is 30.5 Å². The number of aromatic nitrogens is 2. The largest absolute Gasteiger partial charge is 0.467 e. The minimum atomic E-state index is -0.793. The third-order valence-electron chi connectivity index (χ3n) is 4.01. The van der Waals surface area contributed by atoms with Crippen molar-refractivity contribution in [3.05, 3.63) is 65.6 Å². The Morgan fingerprint density at radius 2 is 2.00 bits per heavy atom. The van der Waals surface area contributed by atoms with Crippen LogP contribution in [0.2, 0.25) is 0 Å². The molecular formula is C19H19N3O3. The zero-order chi connectivity index (χ0) is 17.8. The van der Waals surface area contributed by atoms with Gasteiger partial charge < -0.3 is 15.0 Å². The first-order valence-corrected chi connectivity index (χ1v) is 7.96. The van der Waals surface area contributed by atoms with Gasteiger partial charge >= 0.3 is 5.97 Å². The van der Waals surface area contributed by atoms with Crippen molar-refractivity contribution in [2.24, 2.45) is 0 Å². The van der Waals surface area contributed by atoms with E-state index < -0.39 is 17.9 Å².